The highest BCUT2D eigenvalue weighted by atomic mass is 32.2. The lowest BCUT2D eigenvalue weighted by Crippen LogP contribution is -2.48. The molecule has 3 aromatic rings. The van der Waals surface area contributed by atoms with Crippen LogP contribution in [0.1, 0.15) is 11.6 Å². The van der Waals surface area contributed by atoms with Crippen molar-refractivity contribution >= 4 is 21.8 Å². The van der Waals surface area contributed by atoms with Gasteiger partial charge in [0.2, 0.25) is 0 Å². The van der Waals surface area contributed by atoms with Gasteiger partial charge >= 0.3 is 0 Å². The zero-order valence-corrected chi connectivity index (χ0v) is 16.0. The molecular formula is C22H24N2O2S. The highest BCUT2D eigenvalue weighted by molar-refractivity contribution is 7.83. The standard InChI is InChI=1S/C22H24N2O2S/c25-17-21(19-8-2-1-3-9-19)23-13-15-24(16-14-23)27(26)22-12-6-10-18-7-4-5-11-20(18)22/h1-12,21,25H,13-17H2/t21-,27?/m0/s1. The molecule has 1 saturated heterocycles. The third-order valence-electron chi connectivity index (χ3n) is 5.24. The van der Waals surface area contributed by atoms with Crippen LogP contribution in [0.2, 0.25) is 0 Å². The topological polar surface area (TPSA) is 43.8 Å². The van der Waals surface area contributed by atoms with Crippen molar-refractivity contribution in [1.82, 2.24) is 9.21 Å². The molecular weight excluding hydrogens is 356 g/mol. The maximum absolute atomic E-state index is 13.2. The van der Waals surface area contributed by atoms with Crippen molar-refractivity contribution in [2.75, 3.05) is 32.8 Å². The monoisotopic (exact) mass is 380 g/mol. The van der Waals surface area contributed by atoms with Crippen LogP contribution in [0.5, 0.6) is 0 Å². The van der Waals surface area contributed by atoms with Gasteiger partial charge in [0.05, 0.1) is 17.5 Å². The van der Waals surface area contributed by atoms with Gasteiger partial charge in [-0.1, -0.05) is 66.7 Å². The number of benzene rings is 3. The Morgan fingerprint density at radius 2 is 1.52 bits per heavy atom. The number of nitrogens with zero attached hydrogens (tertiary/aromatic N) is 2. The summed E-state index contributed by atoms with van der Waals surface area (Å²) in [5.74, 6) is 0. The van der Waals surface area contributed by atoms with Gasteiger partial charge in [-0.25, -0.2) is 8.51 Å². The summed E-state index contributed by atoms with van der Waals surface area (Å²) >= 11 is 0. The second-order valence-corrected chi connectivity index (χ2v) is 8.26. The maximum Gasteiger partial charge on any atom is 0.128 e. The van der Waals surface area contributed by atoms with Crippen molar-refractivity contribution in [3.05, 3.63) is 78.4 Å². The lowest BCUT2D eigenvalue weighted by molar-refractivity contribution is 0.0917. The third kappa shape index (κ3) is 3.82. The Labute approximate surface area is 162 Å². The van der Waals surface area contributed by atoms with E-state index in [4.69, 9.17) is 0 Å². The van der Waals surface area contributed by atoms with Crippen LogP contribution < -0.4 is 0 Å². The van der Waals surface area contributed by atoms with Crippen LogP contribution in [0.4, 0.5) is 0 Å². The van der Waals surface area contributed by atoms with E-state index in [1.54, 1.807) is 0 Å². The zero-order valence-electron chi connectivity index (χ0n) is 15.2. The van der Waals surface area contributed by atoms with Crippen molar-refractivity contribution in [3.8, 4) is 0 Å². The van der Waals surface area contributed by atoms with Crippen molar-refractivity contribution in [2.24, 2.45) is 0 Å². The van der Waals surface area contributed by atoms with Gasteiger partial charge in [0, 0.05) is 26.2 Å². The van der Waals surface area contributed by atoms with Gasteiger partial charge in [-0.2, -0.15) is 0 Å². The predicted octanol–water partition coefficient (Wildman–Crippen LogP) is 3.21. The van der Waals surface area contributed by atoms with Gasteiger partial charge < -0.3 is 5.11 Å². The first-order valence-corrected chi connectivity index (χ1v) is 10.4. The second kappa shape index (κ2) is 8.31. The van der Waals surface area contributed by atoms with Crippen molar-refractivity contribution in [1.29, 1.82) is 0 Å². The fraction of sp³-hybridized carbons (Fsp3) is 0.273. The molecule has 4 rings (SSSR count). The zero-order chi connectivity index (χ0) is 18.6. The Balaban J connectivity index is 1.48. The highest BCUT2D eigenvalue weighted by Crippen LogP contribution is 2.26. The minimum absolute atomic E-state index is 0.000610. The molecule has 3 aromatic carbocycles. The Morgan fingerprint density at radius 1 is 0.852 bits per heavy atom. The molecule has 0 saturated carbocycles. The SMILES string of the molecule is O=S(c1cccc2ccccc12)N1CCN([C@@H](CO)c2ccccc2)CC1. The lowest BCUT2D eigenvalue weighted by atomic mass is 10.1. The number of hydrogen-bond acceptors (Lipinski definition) is 3. The van der Waals surface area contributed by atoms with Crippen LogP contribution in [-0.4, -0.2) is 51.3 Å². The van der Waals surface area contributed by atoms with E-state index in [9.17, 15) is 9.32 Å². The summed E-state index contributed by atoms with van der Waals surface area (Å²) in [4.78, 5) is 3.16. The molecule has 1 N–H and O–H groups in total. The molecule has 5 heteroatoms. The number of fused-ring (bicyclic) bond motifs is 1. The molecule has 4 nitrogen and oxygen atoms in total. The molecule has 2 atom stereocenters. The molecule has 0 spiro atoms. The summed E-state index contributed by atoms with van der Waals surface area (Å²) in [7, 11) is -1.17. The summed E-state index contributed by atoms with van der Waals surface area (Å²) in [5.41, 5.74) is 1.13. The van der Waals surface area contributed by atoms with Crippen molar-refractivity contribution in [2.45, 2.75) is 10.9 Å². The first-order valence-electron chi connectivity index (χ1n) is 9.32. The number of rotatable bonds is 5. The molecule has 1 fully saturated rings. The van der Waals surface area contributed by atoms with E-state index in [2.05, 4.69) is 29.2 Å². The first kappa shape index (κ1) is 18.3. The number of aliphatic hydroxyl groups excluding tert-OH is 1. The molecule has 0 aliphatic carbocycles. The van der Waals surface area contributed by atoms with Crippen LogP contribution in [0.15, 0.2) is 77.7 Å². The normalized spacial score (nSPS) is 18.4. The minimum Gasteiger partial charge on any atom is -0.394 e. The predicted molar refractivity (Wildman–Crippen MR) is 110 cm³/mol. The second-order valence-electron chi connectivity index (χ2n) is 6.80. The number of piperazine rings is 1. The van der Waals surface area contributed by atoms with Gasteiger partial charge in [-0.05, 0) is 22.4 Å². The summed E-state index contributed by atoms with van der Waals surface area (Å²) < 4.78 is 15.2. The molecule has 1 aliphatic rings. The molecule has 140 valence electrons. The molecule has 0 radical (unpaired) electrons. The van der Waals surface area contributed by atoms with Gasteiger partial charge in [0.1, 0.15) is 11.0 Å². The minimum atomic E-state index is -1.17. The lowest BCUT2D eigenvalue weighted by Gasteiger charge is -2.38. The Bertz CT molecular complexity index is 919. The molecule has 1 aliphatic heterocycles. The average Bonchev–Trinajstić information content (AvgIpc) is 2.75. The Morgan fingerprint density at radius 3 is 2.26 bits per heavy atom. The number of aliphatic hydroxyl groups is 1. The molecule has 0 aromatic heterocycles. The van der Waals surface area contributed by atoms with E-state index in [1.807, 2.05) is 52.8 Å². The van der Waals surface area contributed by atoms with Gasteiger partial charge in [0.15, 0.2) is 0 Å². The molecule has 1 heterocycles. The van der Waals surface area contributed by atoms with E-state index >= 15 is 0 Å². The molecule has 27 heavy (non-hydrogen) atoms. The summed E-state index contributed by atoms with van der Waals surface area (Å²) in [6, 6.07) is 24.2. The van der Waals surface area contributed by atoms with E-state index < -0.39 is 11.0 Å². The largest absolute Gasteiger partial charge is 0.394 e. The van der Waals surface area contributed by atoms with E-state index in [0.29, 0.717) is 0 Å². The smallest absolute Gasteiger partial charge is 0.128 e. The summed E-state index contributed by atoms with van der Waals surface area (Å²) in [5, 5.41) is 12.1. The van der Waals surface area contributed by atoms with E-state index in [0.717, 1.165) is 47.4 Å². The van der Waals surface area contributed by atoms with Crippen LogP contribution in [0.3, 0.4) is 0 Å². The summed E-state index contributed by atoms with van der Waals surface area (Å²) in [6.45, 7) is 3.11. The van der Waals surface area contributed by atoms with Crippen LogP contribution in [-0.2, 0) is 11.0 Å². The van der Waals surface area contributed by atoms with Crippen molar-refractivity contribution in [3.63, 3.8) is 0 Å². The van der Waals surface area contributed by atoms with Gasteiger partial charge in [-0.15, -0.1) is 0 Å². The third-order valence-corrected chi connectivity index (χ3v) is 6.81. The quantitative estimate of drug-likeness (QED) is 0.739. The first-order chi connectivity index (χ1) is 13.3. The van der Waals surface area contributed by atoms with Gasteiger partial charge in [-0.3, -0.25) is 4.90 Å². The van der Waals surface area contributed by atoms with Crippen molar-refractivity contribution < 1.29 is 9.32 Å². The fourth-order valence-corrected chi connectivity index (χ4v) is 5.12. The Hall–Kier alpha value is -2.05. The summed E-state index contributed by atoms with van der Waals surface area (Å²) in [6.07, 6.45) is 0. The molecule has 0 amide bonds. The fourth-order valence-electron chi connectivity index (χ4n) is 3.77. The number of hydrogen-bond donors (Lipinski definition) is 1. The molecule has 1 unspecified atom stereocenters. The van der Waals surface area contributed by atoms with Crippen LogP contribution >= 0.6 is 0 Å². The Kier molecular flexibility index (Phi) is 5.64. The van der Waals surface area contributed by atoms with Gasteiger partial charge in [0.25, 0.3) is 0 Å². The average molecular weight is 381 g/mol. The highest BCUT2D eigenvalue weighted by Gasteiger charge is 2.27. The van der Waals surface area contributed by atoms with E-state index in [-0.39, 0.29) is 12.6 Å². The maximum atomic E-state index is 13.2. The molecule has 0 bridgehead atoms. The van der Waals surface area contributed by atoms with Crippen LogP contribution in [0.25, 0.3) is 10.8 Å². The van der Waals surface area contributed by atoms with Crippen LogP contribution in [0, 0.1) is 0 Å². The van der Waals surface area contributed by atoms with E-state index in [1.165, 1.54) is 0 Å².